The Bertz CT molecular complexity index is 706. The Balaban J connectivity index is 1.95. The van der Waals surface area contributed by atoms with Crippen LogP contribution in [0.1, 0.15) is 12.5 Å². The van der Waals surface area contributed by atoms with E-state index < -0.39 is 0 Å². The Labute approximate surface area is 142 Å². The summed E-state index contributed by atoms with van der Waals surface area (Å²) in [7, 11) is 5.67. The highest BCUT2D eigenvalue weighted by Gasteiger charge is 2.07. The number of anilines is 3. The second-order valence-electron chi connectivity index (χ2n) is 5.91. The number of carbonyl (C=O) groups is 2. The molecular weight excluding hydrogens is 302 g/mol. The topological polar surface area (TPSA) is 52.7 Å². The summed E-state index contributed by atoms with van der Waals surface area (Å²) < 4.78 is 0. The second kappa shape index (κ2) is 7.64. The molecule has 0 unspecified atom stereocenters. The Morgan fingerprint density at radius 2 is 1.42 bits per heavy atom. The van der Waals surface area contributed by atoms with Crippen LogP contribution in [0, 0.1) is 0 Å². The molecule has 5 nitrogen and oxygen atoms in total. The third-order valence-corrected chi connectivity index (χ3v) is 3.83. The lowest BCUT2D eigenvalue weighted by Gasteiger charge is -2.15. The van der Waals surface area contributed by atoms with Crippen LogP contribution in [0.3, 0.4) is 0 Å². The van der Waals surface area contributed by atoms with Crippen molar-refractivity contribution >= 4 is 28.9 Å². The number of hydrogen-bond donors (Lipinski definition) is 1. The lowest BCUT2D eigenvalue weighted by atomic mass is 10.1. The maximum atomic E-state index is 12.1. The lowest BCUT2D eigenvalue weighted by molar-refractivity contribution is -0.116. The first kappa shape index (κ1) is 17.5. The van der Waals surface area contributed by atoms with Gasteiger partial charge in [-0.3, -0.25) is 9.59 Å². The summed E-state index contributed by atoms with van der Waals surface area (Å²) in [5.74, 6) is -0.0954. The van der Waals surface area contributed by atoms with Gasteiger partial charge in [-0.15, -0.1) is 0 Å². The minimum Gasteiger partial charge on any atom is -0.378 e. The van der Waals surface area contributed by atoms with Crippen molar-refractivity contribution in [2.45, 2.75) is 13.3 Å². The molecule has 2 aromatic carbocycles. The third-order valence-electron chi connectivity index (χ3n) is 3.83. The van der Waals surface area contributed by atoms with Gasteiger partial charge in [-0.2, -0.15) is 0 Å². The van der Waals surface area contributed by atoms with Gasteiger partial charge in [-0.05, 0) is 42.0 Å². The van der Waals surface area contributed by atoms with Crippen molar-refractivity contribution in [1.82, 2.24) is 0 Å². The van der Waals surface area contributed by atoms with E-state index in [-0.39, 0.29) is 11.8 Å². The predicted molar refractivity (Wildman–Crippen MR) is 98.6 cm³/mol. The fraction of sp³-hybridized carbons (Fsp3) is 0.263. The van der Waals surface area contributed by atoms with Gasteiger partial charge in [0.1, 0.15) is 0 Å². The van der Waals surface area contributed by atoms with Gasteiger partial charge >= 0.3 is 0 Å². The van der Waals surface area contributed by atoms with E-state index in [9.17, 15) is 9.59 Å². The minimum atomic E-state index is -0.0692. The molecule has 0 fully saturated rings. The zero-order valence-electron chi connectivity index (χ0n) is 14.5. The first-order chi connectivity index (χ1) is 11.4. The van der Waals surface area contributed by atoms with Crippen LogP contribution in [0.2, 0.25) is 0 Å². The SMILES string of the molecule is CC(=O)N(C)c1ccc(CC(=O)Nc2ccc(N(C)C)cc2)cc1. The molecule has 1 N–H and O–H groups in total. The van der Waals surface area contributed by atoms with Gasteiger partial charge in [0, 0.05) is 45.1 Å². The van der Waals surface area contributed by atoms with Gasteiger partial charge < -0.3 is 15.1 Å². The molecule has 0 bridgehead atoms. The Morgan fingerprint density at radius 3 is 1.92 bits per heavy atom. The second-order valence-corrected chi connectivity index (χ2v) is 5.91. The smallest absolute Gasteiger partial charge is 0.228 e. The van der Waals surface area contributed by atoms with Crippen LogP contribution in [0.15, 0.2) is 48.5 Å². The normalized spacial score (nSPS) is 10.2. The van der Waals surface area contributed by atoms with E-state index in [1.54, 1.807) is 11.9 Å². The van der Waals surface area contributed by atoms with E-state index in [1.807, 2.05) is 67.5 Å². The number of nitrogens with zero attached hydrogens (tertiary/aromatic N) is 2. The molecule has 2 rings (SSSR count). The van der Waals surface area contributed by atoms with Crippen LogP contribution in [0.5, 0.6) is 0 Å². The molecule has 0 aromatic heterocycles. The van der Waals surface area contributed by atoms with E-state index in [0.29, 0.717) is 6.42 Å². The Hall–Kier alpha value is -2.82. The van der Waals surface area contributed by atoms with Crippen LogP contribution in [-0.4, -0.2) is 33.0 Å². The average Bonchev–Trinajstić information content (AvgIpc) is 2.55. The van der Waals surface area contributed by atoms with Crippen molar-refractivity contribution in [1.29, 1.82) is 0 Å². The molecule has 0 radical (unpaired) electrons. The van der Waals surface area contributed by atoms with Gasteiger partial charge in [-0.25, -0.2) is 0 Å². The maximum Gasteiger partial charge on any atom is 0.228 e. The van der Waals surface area contributed by atoms with E-state index >= 15 is 0 Å². The number of rotatable bonds is 5. The fourth-order valence-electron chi connectivity index (χ4n) is 2.25. The average molecular weight is 325 g/mol. The molecule has 2 amide bonds. The van der Waals surface area contributed by atoms with Crippen molar-refractivity contribution < 1.29 is 9.59 Å². The summed E-state index contributed by atoms with van der Waals surface area (Å²) in [6.07, 6.45) is 0.291. The molecule has 0 aliphatic heterocycles. The van der Waals surface area contributed by atoms with E-state index in [0.717, 1.165) is 22.6 Å². The lowest BCUT2D eigenvalue weighted by Crippen LogP contribution is -2.22. The van der Waals surface area contributed by atoms with Crippen molar-refractivity contribution in [2.75, 3.05) is 36.3 Å². The van der Waals surface area contributed by atoms with E-state index in [2.05, 4.69) is 5.32 Å². The summed E-state index contributed by atoms with van der Waals surface area (Å²) in [4.78, 5) is 27.0. The first-order valence-corrected chi connectivity index (χ1v) is 7.77. The molecule has 0 spiro atoms. The van der Waals surface area contributed by atoms with Gasteiger partial charge in [0.15, 0.2) is 0 Å². The quantitative estimate of drug-likeness (QED) is 0.919. The van der Waals surface area contributed by atoms with Crippen LogP contribution < -0.4 is 15.1 Å². The third kappa shape index (κ3) is 4.59. The van der Waals surface area contributed by atoms with Crippen LogP contribution in [0.4, 0.5) is 17.1 Å². The highest BCUT2D eigenvalue weighted by atomic mass is 16.2. The number of benzene rings is 2. The molecule has 5 heteroatoms. The van der Waals surface area contributed by atoms with Crippen LogP contribution in [-0.2, 0) is 16.0 Å². The largest absolute Gasteiger partial charge is 0.378 e. The number of amides is 2. The van der Waals surface area contributed by atoms with Gasteiger partial charge in [-0.1, -0.05) is 12.1 Å². The van der Waals surface area contributed by atoms with Crippen LogP contribution in [0.25, 0.3) is 0 Å². The van der Waals surface area contributed by atoms with Gasteiger partial charge in [0.25, 0.3) is 0 Å². The number of nitrogens with one attached hydrogen (secondary N) is 1. The first-order valence-electron chi connectivity index (χ1n) is 7.77. The van der Waals surface area contributed by atoms with Gasteiger partial charge in [0.2, 0.25) is 11.8 Å². The number of hydrogen-bond acceptors (Lipinski definition) is 3. The molecule has 126 valence electrons. The van der Waals surface area contributed by atoms with E-state index in [4.69, 9.17) is 0 Å². The highest BCUT2D eigenvalue weighted by molar-refractivity contribution is 5.93. The summed E-state index contributed by atoms with van der Waals surface area (Å²) in [5, 5.41) is 2.89. The molecule has 0 aliphatic carbocycles. The summed E-state index contributed by atoms with van der Waals surface area (Å²) >= 11 is 0. The van der Waals surface area contributed by atoms with E-state index in [1.165, 1.54) is 6.92 Å². The monoisotopic (exact) mass is 325 g/mol. The molecule has 0 atom stereocenters. The van der Waals surface area contributed by atoms with Crippen molar-refractivity contribution in [2.24, 2.45) is 0 Å². The standard InChI is InChI=1S/C19H23N3O2/c1-14(23)22(4)18-9-5-15(6-10-18)13-19(24)20-16-7-11-17(12-8-16)21(2)3/h5-12H,13H2,1-4H3,(H,20,24). The van der Waals surface area contributed by atoms with Crippen LogP contribution >= 0.6 is 0 Å². The maximum absolute atomic E-state index is 12.1. The Morgan fingerprint density at radius 1 is 0.875 bits per heavy atom. The van der Waals surface area contributed by atoms with Crippen molar-refractivity contribution in [3.8, 4) is 0 Å². The summed E-state index contributed by atoms with van der Waals surface area (Å²) in [6, 6.07) is 15.1. The molecule has 24 heavy (non-hydrogen) atoms. The predicted octanol–water partition coefficient (Wildman–Crippen LogP) is 2.92. The summed E-state index contributed by atoms with van der Waals surface area (Å²) in [6.45, 7) is 1.52. The Kier molecular flexibility index (Phi) is 5.58. The van der Waals surface area contributed by atoms with Crippen molar-refractivity contribution in [3.05, 3.63) is 54.1 Å². The zero-order chi connectivity index (χ0) is 17.7. The van der Waals surface area contributed by atoms with Gasteiger partial charge in [0.05, 0.1) is 6.42 Å². The fourth-order valence-corrected chi connectivity index (χ4v) is 2.25. The summed E-state index contributed by atoms with van der Waals surface area (Å²) in [5.41, 5.74) is 3.57. The molecule has 0 aliphatic rings. The molecular formula is C19H23N3O2. The highest BCUT2D eigenvalue weighted by Crippen LogP contribution is 2.17. The zero-order valence-corrected chi connectivity index (χ0v) is 14.5. The number of carbonyl (C=O) groups excluding carboxylic acids is 2. The molecule has 2 aromatic rings. The molecule has 0 saturated carbocycles. The minimum absolute atomic E-state index is 0.0262. The molecule has 0 heterocycles. The van der Waals surface area contributed by atoms with Crippen molar-refractivity contribution in [3.63, 3.8) is 0 Å². The molecule has 0 saturated heterocycles.